The lowest BCUT2D eigenvalue weighted by molar-refractivity contribution is -0.151. The van der Waals surface area contributed by atoms with Crippen LogP contribution in [0.25, 0.3) is 0 Å². The Morgan fingerprint density at radius 3 is 2.41 bits per heavy atom. The Hall–Kier alpha value is -2.86. The number of halogens is 1. The fourth-order valence-electron chi connectivity index (χ4n) is 2.69. The minimum absolute atomic E-state index is 0.0476. The summed E-state index contributed by atoms with van der Waals surface area (Å²) in [6.45, 7) is 3.70. The highest BCUT2D eigenvalue weighted by Gasteiger charge is 2.18. The van der Waals surface area contributed by atoms with Crippen LogP contribution in [-0.2, 0) is 25.5 Å². The van der Waals surface area contributed by atoms with Gasteiger partial charge in [-0.3, -0.25) is 14.4 Å². The van der Waals surface area contributed by atoms with E-state index in [0.717, 1.165) is 11.1 Å². The molecule has 2 amide bonds. The van der Waals surface area contributed by atoms with Crippen LogP contribution in [-0.4, -0.2) is 42.4 Å². The number of amides is 2. The summed E-state index contributed by atoms with van der Waals surface area (Å²) in [7, 11) is 0. The van der Waals surface area contributed by atoms with Crippen LogP contribution >= 0.6 is 11.6 Å². The van der Waals surface area contributed by atoms with Gasteiger partial charge in [-0.2, -0.15) is 0 Å². The van der Waals surface area contributed by atoms with Gasteiger partial charge in [-0.05, 0) is 42.7 Å². The lowest BCUT2D eigenvalue weighted by atomic mass is 10.1. The second kappa shape index (κ2) is 11.2. The molecule has 154 valence electrons. The molecule has 2 rings (SSSR count). The van der Waals surface area contributed by atoms with Crippen molar-refractivity contribution in [1.29, 1.82) is 0 Å². The van der Waals surface area contributed by atoms with Crippen LogP contribution < -0.4 is 5.32 Å². The van der Waals surface area contributed by atoms with Gasteiger partial charge in [-0.25, -0.2) is 0 Å². The number of nitrogens with one attached hydrogen (secondary N) is 1. The van der Waals surface area contributed by atoms with Crippen molar-refractivity contribution in [2.24, 2.45) is 0 Å². The minimum atomic E-state index is -0.513. The molecule has 0 aliphatic carbocycles. The Balaban J connectivity index is 1.86. The number of anilines is 1. The molecule has 0 radical (unpaired) electrons. The average molecular weight is 417 g/mol. The van der Waals surface area contributed by atoms with Gasteiger partial charge in [-0.1, -0.05) is 48.9 Å². The Bertz CT molecular complexity index is 852. The third-order valence-electron chi connectivity index (χ3n) is 4.22. The molecule has 0 heterocycles. The Morgan fingerprint density at radius 1 is 1.07 bits per heavy atom. The van der Waals surface area contributed by atoms with Crippen molar-refractivity contribution < 1.29 is 19.1 Å². The van der Waals surface area contributed by atoms with E-state index in [-0.39, 0.29) is 18.9 Å². The van der Waals surface area contributed by atoms with E-state index in [1.807, 2.05) is 32.0 Å². The highest BCUT2D eigenvalue weighted by Crippen LogP contribution is 2.13. The molecule has 0 aliphatic rings. The predicted molar refractivity (Wildman–Crippen MR) is 113 cm³/mol. The fourth-order valence-corrected chi connectivity index (χ4v) is 2.82. The molecule has 0 aromatic heterocycles. The molecule has 0 saturated carbocycles. The number of hydrogen-bond acceptors (Lipinski definition) is 4. The van der Waals surface area contributed by atoms with Gasteiger partial charge in [0.05, 0.1) is 13.0 Å². The molecule has 2 aromatic carbocycles. The maximum atomic E-state index is 12.4. The number of carbonyl (C=O) groups is 3. The summed E-state index contributed by atoms with van der Waals surface area (Å²) in [6, 6.07) is 14.2. The standard InChI is InChI=1S/C22H25ClN2O4/c1-3-12-25(14-20(26)24-19-7-5-4-6-16(19)2)21(27)15-29-22(28)13-17-8-10-18(23)11-9-17/h4-11H,3,12-15H2,1-2H3,(H,24,26). The van der Waals surface area contributed by atoms with Crippen LogP contribution in [0.3, 0.4) is 0 Å². The average Bonchev–Trinajstić information content (AvgIpc) is 2.69. The molecule has 7 heteroatoms. The van der Waals surface area contributed by atoms with E-state index in [1.165, 1.54) is 4.90 Å². The summed E-state index contributed by atoms with van der Waals surface area (Å²) in [6.07, 6.45) is 0.730. The van der Waals surface area contributed by atoms with Crippen LogP contribution in [0.15, 0.2) is 48.5 Å². The van der Waals surface area contributed by atoms with Gasteiger partial charge in [-0.15, -0.1) is 0 Å². The first kappa shape index (κ1) is 22.4. The highest BCUT2D eigenvalue weighted by atomic mass is 35.5. The van der Waals surface area contributed by atoms with Crippen molar-refractivity contribution in [1.82, 2.24) is 4.90 Å². The first-order valence-electron chi connectivity index (χ1n) is 9.42. The first-order valence-corrected chi connectivity index (χ1v) is 9.80. The zero-order chi connectivity index (χ0) is 21.2. The van der Waals surface area contributed by atoms with Crippen molar-refractivity contribution in [3.05, 3.63) is 64.7 Å². The van der Waals surface area contributed by atoms with Gasteiger partial charge in [0.25, 0.3) is 5.91 Å². The van der Waals surface area contributed by atoms with Gasteiger partial charge in [0.15, 0.2) is 6.61 Å². The molecule has 0 aliphatic heterocycles. The Kier molecular flexibility index (Phi) is 8.68. The second-order valence-electron chi connectivity index (χ2n) is 6.64. The van der Waals surface area contributed by atoms with Crippen molar-refractivity contribution in [2.45, 2.75) is 26.7 Å². The number of rotatable bonds is 9. The minimum Gasteiger partial charge on any atom is -0.455 e. The van der Waals surface area contributed by atoms with Crippen LogP contribution in [0.1, 0.15) is 24.5 Å². The molecule has 0 saturated heterocycles. The zero-order valence-electron chi connectivity index (χ0n) is 16.6. The number of para-hydroxylation sites is 1. The molecule has 1 N–H and O–H groups in total. The summed E-state index contributed by atoms with van der Waals surface area (Å²) in [5.74, 6) is -1.22. The summed E-state index contributed by atoms with van der Waals surface area (Å²) >= 11 is 5.82. The maximum Gasteiger partial charge on any atom is 0.310 e. The summed E-state index contributed by atoms with van der Waals surface area (Å²) < 4.78 is 5.09. The molecule has 0 fully saturated rings. The lowest BCUT2D eigenvalue weighted by Crippen LogP contribution is -2.41. The number of hydrogen-bond donors (Lipinski definition) is 1. The third kappa shape index (κ3) is 7.58. The van der Waals surface area contributed by atoms with E-state index < -0.39 is 18.5 Å². The van der Waals surface area contributed by atoms with Crippen LogP contribution in [0.4, 0.5) is 5.69 Å². The largest absolute Gasteiger partial charge is 0.455 e. The predicted octanol–water partition coefficient (Wildman–Crippen LogP) is 3.61. The number of esters is 1. The number of ether oxygens (including phenoxy) is 1. The lowest BCUT2D eigenvalue weighted by Gasteiger charge is -2.21. The maximum absolute atomic E-state index is 12.4. The molecule has 2 aromatic rings. The van der Waals surface area contributed by atoms with E-state index in [1.54, 1.807) is 30.3 Å². The first-order chi connectivity index (χ1) is 13.9. The molecular formula is C22H25ClN2O4. The fraction of sp³-hybridized carbons (Fsp3) is 0.318. The second-order valence-corrected chi connectivity index (χ2v) is 7.08. The number of carbonyl (C=O) groups excluding carboxylic acids is 3. The van der Waals surface area contributed by atoms with E-state index >= 15 is 0 Å². The smallest absolute Gasteiger partial charge is 0.310 e. The number of aryl methyl sites for hydroxylation is 1. The van der Waals surface area contributed by atoms with Crippen LogP contribution in [0.5, 0.6) is 0 Å². The van der Waals surface area contributed by atoms with Gasteiger partial charge >= 0.3 is 5.97 Å². The van der Waals surface area contributed by atoms with Gasteiger partial charge < -0.3 is 15.0 Å². The van der Waals surface area contributed by atoms with E-state index in [4.69, 9.17) is 16.3 Å². The Labute approximate surface area is 175 Å². The van der Waals surface area contributed by atoms with Crippen LogP contribution in [0, 0.1) is 6.92 Å². The van der Waals surface area contributed by atoms with Crippen molar-refractivity contribution in [3.8, 4) is 0 Å². The monoisotopic (exact) mass is 416 g/mol. The SMILES string of the molecule is CCCN(CC(=O)Nc1ccccc1C)C(=O)COC(=O)Cc1ccc(Cl)cc1. The molecule has 0 atom stereocenters. The number of benzene rings is 2. The van der Waals surface area contributed by atoms with Crippen molar-refractivity contribution in [3.63, 3.8) is 0 Å². The van der Waals surface area contributed by atoms with Gasteiger partial charge in [0.1, 0.15) is 0 Å². The molecular weight excluding hydrogens is 392 g/mol. The summed E-state index contributed by atoms with van der Waals surface area (Å²) in [5, 5.41) is 3.38. The normalized spacial score (nSPS) is 10.3. The van der Waals surface area contributed by atoms with Crippen molar-refractivity contribution in [2.75, 3.05) is 25.0 Å². The van der Waals surface area contributed by atoms with Gasteiger partial charge in [0.2, 0.25) is 5.91 Å². The van der Waals surface area contributed by atoms with E-state index in [9.17, 15) is 14.4 Å². The number of nitrogens with zero attached hydrogens (tertiary/aromatic N) is 1. The zero-order valence-corrected chi connectivity index (χ0v) is 17.4. The van der Waals surface area contributed by atoms with E-state index in [0.29, 0.717) is 23.7 Å². The molecule has 6 nitrogen and oxygen atoms in total. The van der Waals surface area contributed by atoms with Gasteiger partial charge in [0, 0.05) is 17.3 Å². The van der Waals surface area contributed by atoms with Crippen molar-refractivity contribution >= 4 is 35.1 Å². The summed E-state index contributed by atoms with van der Waals surface area (Å²) in [4.78, 5) is 38.1. The topological polar surface area (TPSA) is 75.7 Å². The molecule has 0 bridgehead atoms. The highest BCUT2D eigenvalue weighted by molar-refractivity contribution is 6.30. The summed E-state index contributed by atoms with van der Waals surface area (Å²) in [5.41, 5.74) is 2.39. The molecule has 0 unspecified atom stereocenters. The third-order valence-corrected chi connectivity index (χ3v) is 4.47. The molecule has 0 spiro atoms. The Morgan fingerprint density at radius 2 is 1.76 bits per heavy atom. The quantitative estimate of drug-likeness (QED) is 0.633. The van der Waals surface area contributed by atoms with Crippen LogP contribution in [0.2, 0.25) is 5.02 Å². The molecule has 29 heavy (non-hydrogen) atoms. The van der Waals surface area contributed by atoms with E-state index in [2.05, 4.69) is 5.32 Å².